The summed E-state index contributed by atoms with van der Waals surface area (Å²) in [6.45, 7) is 13.1. The van der Waals surface area contributed by atoms with Gasteiger partial charge in [0.25, 0.3) is 0 Å². The summed E-state index contributed by atoms with van der Waals surface area (Å²) in [6, 6.07) is 0. The van der Waals surface area contributed by atoms with E-state index < -0.39 is 0 Å². The zero-order chi connectivity index (χ0) is 13.7. The number of nitrogens with two attached hydrogens (primary N) is 1. The van der Waals surface area contributed by atoms with Gasteiger partial charge in [0, 0.05) is 6.67 Å². The molecule has 0 fully saturated rings. The van der Waals surface area contributed by atoms with Crippen LogP contribution in [-0.2, 0) is 0 Å². The second-order valence-electron chi connectivity index (χ2n) is 5.35. The first kappa shape index (κ1) is 19.3. The van der Waals surface area contributed by atoms with E-state index in [4.69, 9.17) is 5.73 Å². The van der Waals surface area contributed by atoms with E-state index in [1.54, 1.807) is 0 Å². The minimum Gasteiger partial charge on any atom is -0.318 e. The largest absolute Gasteiger partial charge is 0.318 e. The Labute approximate surface area is 110 Å². The van der Waals surface area contributed by atoms with Gasteiger partial charge in [0.15, 0.2) is 0 Å². The van der Waals surface area contributed by atoms with E-state index in [2.05, 4.69) is 46.6 Å². The molecule has 0 saturated carbocycles. The topological polar surface area (TPSA) is 29.3 Å². The highest BCUT2D eigenvalue weighted by Gasteiger charge is 2.11. The molecule has 0 aromatic heterocycles. The van der Waals surface area contributed by atoms with E-state index in [-0.39, 0.29) is 0 Å². The first-order chi connectivity index (χ1) is 8.03. The molecule has 0 aliphatic carbocycles. The van der Waals surface area contributed by atoms with Crippen LogP contribution in [0.5, 0.6) is 0 Å². The Bertz CT molecular complexity index is 137. The van der Waals surface area contributed by atoms with Gasteiger partial charge in [-0.2, -0.15) is 0 Å². The third-order valence-corrected chi connectivity index (χ3v) is 3.26. The molecule has 2 nitrogen and oxygen atoms in total. The van der Waals surface area contributed by atoms with Gasteiger partial charge >= 0.3 is 0 Å². The molecule has 0 aliphatic heterocycles. The molecule has 0 amide bonds. The second kappa shape index (κ2) is 14.0. The van der Waals surface area contributed by atoms with E-state index in [1.807, 2.05) is 0 Å². The number of rotatable bonds is 8. The van der Waals surface area contributed by atoms with Crippen LogP contribution >= 0.6 is 0 Å². The van der Waals surface area contributed by atoms with E-state index >= 15 is 0 Å². The molecule has 106 valence electrons. The zero-order valence-corrected chi connectivity index (χ0v) is 13.1. The van der Waals surface area contributed by atoms with Gasteiger partial charge in [-0.15, -0.1) is 0 Å². The third kappa shape index (κ3) is 13.9. The van der Waals surface area contributed by atoms with Gasteiger partial charge in [0.1, 0.15) is 0 Å². The summed E-state index contributed by atoms with van der Waals surface area (Å²) < 4.78 is 0. The Morgan fingerprint density at radius 3 is 1.88 bits per heavy atom. The van der Waals surface area contributed by atoms with Crippen molar-refractivity contribution in [2.24, 2.45) is 17.6 Å². The number of hydrogen-bond donors (Lipinski definition) is 1. The normalized spacial score (nSPS) is 14.1. The van der Waals surface area contributed by atoms with Crippen LogP contribution < -0.4 is 5.73 Å². The molecule has 17 heavy (non-hydrogen) atoms. The van der Waals surface area contributed by atoms with Crippen LogP contribution in [0.2, 0.25) is 0 Å². The Morgan fingerprint density at radius 1 is 1.00 bits per heavy atom. The van der Waals surface area contributed by atoms with Gasteiger partial charge in [-0.25, -0.2) is 0 Å². The van der Waals surface area contributed by atoms with Crippen molar-refractivity contribution in [1.29, 1.82) is 0 Å². The van der Waals surface area contributed by atoms with E-state index in [0.29, 0.717) is 6.67 Å². The molecule has 2 unspecified atom stereocenters. The molecule has 2 N–H and O–H groups in total. The Hall–Kier alpha value is -0.0800. The lowest BCUT2D eigenvalue weighted by atomic mass is 9.88. The molecule has 0 aromatic carbocycles. The molecule has 2 atom stereocenters. The molecular formula is C15H36N2. The van der Waals surface area contributed by atoms with Crippen LogP contribution in [0.25, 0.3) is 0 Å². The monoisotopic (exact) mass is 244 g/mol. The molecule has 0 bridgehead atoms. The zero-order valence-electron chi connectivity index (χ0n) is 13.1. The first-order valence-electron chi connectivity index (χ1n) is 7.41. The molecule has 0 radical (unpaired) electrons. The summed E-state index contributed by atoms with van der Waals surface area (Å²) in [5, 5.41) is 0. The summed E-state index contributed by atoms with van der Waals surface area (Å²) in [6.07, 6.45) is 6.60. The van der Waals surface area contributed by atoms with Crippen molar-refractivity contribution in [3.63, 3.8) is 0 Å². The standard InChI is InChI=1S/C12H28N2.C3H8/c1-5-6-7-11(2)12(3)8-9-14(4)10-13;1-3-2/h11-12H,5-10,13H2,1-4H3;3H2,1-2H3. The SMILES string of the molecule is CCC.CCCCC(C)C(C)CCN(C)CN. The second-order valence-corrected chi connectivity index (χ2v) is 5.35. The average Bonchev–Trinajstić information content (AvgIpc) is 2.33. The molecule has 0 spiro atoms. The Kier molecular flexibility index (Phi) is 15.8. The molecule has 0 heterocycles. The lowest BCUT2D eigenvalue weighted by Gasteiger charge is -2.22. The fourth-order valence-corrected chi connectivity index (χ4v) is 1.61. The van der Waals surface area contributed by atoms with Crippen molar-refractivity contribution in [3.05, 3.63) is 0 Å². The predicted octanol–water partition coefficient (Wildman–Crippen LogP) is 4.10. The van der Waals surface area contributed by atoms with Gasteiger partial charge in [0.05, 0.1) is 0 Å². The average molecular weight is 244 g/mol. The van der Waals surface area contributed by atoms with Crippen LogP contribution in [0.3, 0.4) is 0 Å². The molecule has 0 rings (SSSR count). The Balaban J connectivity index is 0. The van der Waals surface area contributed by atoms with Crippen LogP contribution in [-0.4, -0.2) is 25.2 Å². The van der Waals surface area contributed by atoms with Crippen molar-refractivity contribution in [2.75, 3.05) is 20.3 Å². The molecule has 2 heteroatoms. The maximum absolute atomic E-state index is 5.54. The maximum atomic E-state index is 5.54. The first-order valence-corrected chi connectivity index (χ1v) is 7.41. The fourth-order valence-electron chi connectivity index (χ4n) is 1.61. The summed E-state index contributed by atoms with van der Waals surface area (Å²) in [7, 11) is 2.09. The lowest BCUT2D eigenvalue weighted by Crippen LogP contribution is -2.28. The van der Waals surface area contributed by atoms with Crippen LogP contribution in [0.1, 0.15) is 66.7 Å². The lowest BCUT2D eigenvalue weighted by molar-refractivity contribution is 0.268. The van der Waals surface area contributed by atoms with Crippen molar-refractivity contribution in [2.45, 2.75) is 66.7 Å². The van der Waals surface area contributed by atoms with Crippen LogP contribution in [0.15, 0.2) is 0 Å². The Morgan fingerprint density at radius 2 is 1.47 bits per heavy atom. The van der Waals surface area contributed by atoms with Crippen molar-refractivity contribution >= 4 is 0 Å². The smallest absolute Gasteiger partial charge is 0.0452 e. The molecule has 0 aromatic rings. The summed E-state index contributed by atoms with van der Waals surface area (Å²) in [5.41, 5.74) is 5.54. The predicted molar refractivity (Wildman–Crippen MR) is 80.1 cm³/mol. The van der Waals surface area contributed by atoms with Crippen molar-refractivity contribution in [3.8, 4) is 0 Å². The van der Waals surface area contributed by atoms with Gasteiger partial charge < -0.3 is 5.73 Å². The van der Waals surface area contributed by atoms with Crippen molar-refractivity contribution < 1.29 is 0 Å². The highest BCUT2D eigenvalue weighted by Crippen LogP contribution is 2.20. The van der Waals surface area contributed by atoms with Crippen LogP contribution in [0.4, 0.5) is 0 Å². The molecule has 0 saturated heterocycles. The van der Waals surface area contributed by atoms with Crippen molar-refractivity contribution in [1.82, 2.24) is 4.90 Å². The number of unbranched alkanes of at least 4 members (excludes halogenated alkanes) is 1. The molecular weight excluding hydrogens is 208 g/mol. The highest BCUT2D eigenvalue weighted by atomic mass is 15.1. The quantitative estimate of drug-likeness (QED) is 0.651. The minimum atomic E-state index is 0.677. The third-order valence-electron chi connectivity index (χ3n) is 3.26. The van der Waals surface area contributed by atoms with E-state index in [9.17, 15) is 0 Å². The summed E-state index contributed by atoms with van der Waals surface area (Å²) in [4.78, 5) is 2.18. The van der Waals surface area contributed by atoms with Crippen LogP contribution in [0, 0.1) is 11.8 Å². The summed E-state index contributed by atoms with van der Waals surface area (Å²) >= 11 is 0. The molecule has 0 aliphatic rings. The van der Waals surface area contributed by atoms with Gasteiger partial charge in [-0.1, -0.05) is 60.3 Å². The number of hydrogen-bond acceptors (Lipinski definition) is 2. The minimum absolute atomic E-state index is 0.677. The fraction of sp³-hybridized carbons (Fsp3) is 1.00. The van der Waals surface area contributed by atoms with Gasteiger partial charge in [0.2, 0.25) is 0 Å². The van der Waals surface area contributed by atoms with E-state index in [0.717, 1.165) is 18.4 Å². The maximum Gasteiger partial charge on any atom is 0.0452 e. The van der Waals surface area contributed by atoms with E-state index in [1.165, 1.54) is 32.1 Å². The highest BCUT2D eigenvalue weighted by molar-refractivity contribution is 4.63. The van der Waals surface area contributed by atoms with Gasteiger partial charge in [-0.05, 0) is 31.8 Å². The summed E-state index contributed by atoms with van der Waals surface area (Å²) in [5.74, 6) is 1.69. The number of nitrogens with zero attached hydrogens (tertiary/aromatic N) is 1. The van der Waals surface area contributed by atoms with Gasteiger partial charge in [-0.3, -0.25) is 4.90 Å².